The van der Waals surface area contributed by atoms with Gasteiger partial charge in [0.2, 0.25) is 5.91 Å². The molecule has 0 bridgehead atoms. The normalized spacial score (nSPS) is 10.5. The van der Waals surface area contributed by atoms with E-state index < -0.39 is 24.5 Å². The van der Waals surface area contributed by atoms with Crippen LogP contribution in [0.25, 0.3) is 0 Å². The molecule has 2 rings (SSSR count). The fourth-order valence-corrected chi connectivity index (χ4v) is 2.81. The quantitative estimate of drug-likeness (QED) is 0.525. The molecule has 0 aliphatic heterocycles. The van der Waals surface area contributed by atoms with Gasteiger partial charge in [0.25, 0.3) is 5.91 Å². The lowest BCUT2D eigenvalue weighted by Crippen LogP contribution is -2.22. The van der Waals surface area contributed by atoms with Crippen LogP contribution in [0.2, 0.25) is 0 Å². The van der Waals surface area contributed by atoms with Crippen LogP contribution in [0, 0.1) is 19.8 Å². The number of esters is 2. The van der Waals surface area contributed by atoms with Crippen molar-refractivity contribution in [1.29, 1.82) is 0 Å². The molecule has 0 saturated carbocycles. The second-order valence-corrected chi connectivity index (χ2v) is 8.15. The number of anilines is 2. The van der Waals surface area contributed by atoms with Crippen molar-refractivity contribution in [2.75, 3.05) is 23.8 Å². The zero-order chi connectivity index (χ0) is 24.4. The first kappa shape index (κ1) is 25.6. The minimum Gasteiger partial charge on any atom is -0.462 e. The Morgan fingerprint density at radius 3 is 2.18 bits per heavy atom. The lowest BCUT2D eigenvalue weighted by molar-refractivity contribution is -0.147. The van der Waals surface area contributed by atoms with Crippen LogP contribution in [-0.4, -0.2) is 37.0 Å². The Bertz CT molecular complexity index is 998. The van der Waals surface area contributed by atoms with Crippen molar-refractivity contribution < 1.29 is 28.7 Å². The van der Waals surface area contributed by atoms with E-state index in [1.807, 2.05) is 45.9 Å². The summed E-state index contributed by atoms with van der Waals surface area (Å²) in [6, 6.07) is 11.9. The first-order chi connectivity index (χ1) is 15.6. The minimum absolute atomic E-state index is 0.0534. The van der Waals surface area contributed by atoms with Gasteiger partial charge in [-0.25, -0.2) is 4.79 Å². The molecule has 0 atom stereocenters. The van der Waals surface area contributed by atoms with Gasteiger partial charge in [0.05, 0.1) is 18.6 Å². The highest BCUT2D eigenvalue weighted by Crippen LogP contribution is 2.16. The number of ether oxygens (including phenoxy) is 2. The second-order valence-electron chi connectivity index (χ2n) is 8.15. The van der Waals surface area contributed by atoms with Gasteiger partial charge in [-0.05, 0) is 55.7 Å². The molecule has 0 saturated heterocycles. The van der Waals surface area contributed by atoms with Gasteiger partial charge in [-0.1, -0.05) is 31.5 Å². The topological polar surface area (TPSA) is 111 Å². The molecule has 8 heteroatoms. The van der Waals surface area contributed by atoms with E-state index in [1.54, 1.807) is 24.3 Å². The third-order valence-electron chi connectivity index (χ3n) is 4.53. The van der Waals surface area contributed by atoms with E-state index in [1.165, 1.54) is 0 Å². The number of carbonyl (C=O) groups excluding carboxylic acids is 4. The van der Waals surface area contributed by atoms with E-state index >= 15 is 0 Å². The van der Waals surface area contributed by atoms with Crippen molar-refractivity contribution in [3.63, 3.8) is 0 Å². The SMILES string of the molecule is Cc1ccc(NC(=O)CCC(=O)OCC(=O)Nc2ccc(C(=O)OCC(C)C)cc2)c(C)c1. The molecule has 0 fully saturated rings. The molecule has 0 aromatic heterocycles. The van der Waals surface area contributed by atoms with Gasteiger partial charge in [0.1, 0.15) is 0 Å². The lowest BCUT2D eigenvalue weighted by Gasteiger charge is -2.10. The molecule has 0 aliphatic rings. The van der Waals surface area contributed by atoms with E-state index in [0.29, 0.717) is 23.5 Å². The fraction of sp³-hybridized carbons (Fsp3) is 0.360. The first-order valence-electron chi connectivity index (χ1n) is 10.7. The molecule has 0 aliphatic carbocycles. The van der Waals surface area contributed by atoms with Crippen LogP contribution in [0.1, 0.15) is 48.2 Å². The summed E-state index contributed by atoms with van der Waals surface area (Å²) in [4.78, 5) is 47.8. The van der Waals surface area contributed by atoms with Crippen LogP contribution in [0.4, 0.5) is 11.4 Å². The summed E-state index contributed by atoms with van der Waals surface area (Å²) in [6.45, 7) is 7.59. The molecular formula is C25H30N2O6. The Morgan fingerprint density at radius 1 is 0.848 bits per heavy atom. The number of carbonyl (C=O) groups is 4. The second kappa shape index (κ2) is 12.4. The molecule has 2 N–H and O–H groups in total. The van der Waals surface area contributed by atoms with Crippen molar-refractivity contribution in [2.24, 2.45) is 5.92 Å². The largest absolute Gasteiger partial charge is 0.462 e. The third-order valence-corrected chi connectivity index (χ3v) is 4.53. The number of hydrogen-bond donors (Lipinski definition) is 2. The number of benzene rings is 2. The Balaban J connectivity index is 1.70. The van der Waals surface area contributed by atoms with Crippen molar-refractivity contribution in [3.05, 3.63) is 59.2 Å². The van der Waals surface area contributed by atoms with Crippen LogP contribution < -0.4 is 10.6 Å². The predicted octanol–water partition coefficient (Wildman–Crippen LogP) is 4.02. The maximum absolute atomic E-state index is 12.1. The smallest absolute Gasteiger partial charge is 0.338 e. The number of rotatable bonds is 10. The van der Waals surface area contributed by atoms with Gasteiger partial charge in [-0.2, -0.15) is 0 Å². The number of hydrogen-bond acceptors (Lipinski definition) is 6. The van der Waals surface area contributed by atoms with Crippen molar-refractivity contribution in [1.82, 2.24) is 0 Å². The zero-order valence-electron chi connectivity index (χ0n) is 19.4. The summed E-state index contributed by atoms with van der Waals surface area (Å²) < 4.78 is 10.1. The molecule has 2 aromatic rings. The maximum atomic E-state index is 12.1. The van der Waals surface area contributed by atoms with Crippen molar-refractivity contribution in [2.45, 2.75) is 40.5 Å². The third kappa shape index (κ3) is 9.14. The predicted molar refractivity (Wildman–Crippen MR) is 125 cm³/mol. The van der Waals surface area contributed by atoms with Crippen LogP contribution >= 0.6 is 0 Å². The fourth-order valence-electron chi connectivity index (χ4n) is 2.81. The van der Waals surface area contributed by atoms with E-state index in [-0.39, 0.29) is 24.7 Å². The molecule has 8 nitrogen and oxygen atoms in total. The van der Waals surface area contributed by atoms with Crippen LogP contribution in [-0.2, 0) is 23.9 Å². The van der Waals surface area contributed by atoms with E-state index in [4.69, 9.17) is 9.47 Å². The Morgan fingerprint density at radius 2 is 1.55 bits per heavy atom. The zero-order valence-corrected chi connectivity index (χ0v) is 19.4. The molecular weight excluding hydrogens is 424 g/mol. The van der Waals surface area contributed by atoms with E-state index in [2.05, 4.69) is 10.6 Å². The summed E-state index contributed by atoms with van der Waals surface area (Å²) in [6.07, 6.45) is -0.195. The summed E-state index contributed by atoms with van der Waals surface area (Å²) in [7, 11) is 0. The number of nitrogens with one attached hydrogen (secondary N) is 2. The van der Waals surface area contributed by atoms with Gasteiger partial charge < -0.3 is 20.1 Å². The van der Waals surface area contributed by atoms with Crippen molar-refractivity contribution in [3.8, 4) is 0 Å². The molecule has 176 valence electrons. The average molecular weight is 455 g/mol. The Labute approximate surface area is 193 Å². The van der Waals surface area contributed by atoms with Gasteiger partial charge in [-0.15, -0.1) is 0 Å². The van der Waals surface area contributed by atoms with E-state index in [9.17, 15) is 19.2 Å². The molecule has 2 aromatic carbocycles. The highest BCUT2D eigenvalue weighted by molar-refractivity contribution is 5.95. The monoisotopic (exact) mass is 454 g/mol. The highest BCUT2D eigenvalue weighted by Gasteiger charge is 2.13. The molecule has 2 amide bonds. The van der Waals surface area contributed by atoms with Gasteiger partial charge >= 0.3 is 11.9 Å². The van der Waals surface area contributed by atoms with Gasteiger partial charge in [0.15, 0.2) is 6.61 Å². The van der Waals surface area contributed by atoms with Gasteiger partial charge in [-0.3, -0.25) is 14.4 Å². The lowest BCUT2D eigenvalue weighted by atomic mass is 10.1. The molecule has 33 heavy (non-hydrogen) atoms. The molecule has 0 radical (unpaired) electrons. The van der Waals surface area contributed by atoms with E-state index in [0.717, 1.165) is 11.1 Å². The maximum Gasteiger partial charge on any atom is 0.338 e. The van der Waals surface area contributed by atoms with Gasteiger partial charge in [0, 0.05) is 17.8 Å². The minimum atomic E-state index is -0.649. The molecule has 0 spiro atoms. The summed E-state index contributed by atoms with van der Waals surface area (Å²) in [5.74, 6) is -1.68. The average Bonchev–Trinajstić information content (AvgIpc) is 2.77. The Kier molecular flexibility index (Phi) is 9.60. The van der Waals surface area contributed by atoms with Crippen LogP contribution in [0.5, 0.6) is 0 Å². The molecule has 0 unspecified atom stereocenters. The first-order valence-corrected chi connectivity index (χ1v) is 10.7. The van der Waals surface area contributed by atoms with Crippen molar-refractivity contribution >= 4 is 35.1 Å². The van der Waals surface area contributed by atoms with Crippen LogP contribution in [0.3, 0.4) is 0 Å². The number of amides is 2. The van der Waals surface area contributed by atoms with Crippen LogP contribution in [0.15, 0.2) is 42.5 Å². The summed E-state index contributed by atoms with van der Waals surface area (Å²) >= 11 is 0. The number of aryl methyl sites for hydroxylation is 2. The summed E-state index contributed by atoms with van der Waals surface area (Å²) in [5, 5.41) is 5.33. The Hall–Kier alpha value is -3.68. The highest BCUT2D eigenvalue weighted by atomic mass is 16.5. The molecule has 0 heterocycles. The standard InChI is InChI=1S/C25H30N2O6/c1-16(2)14-33-25(31)19-6-8-20(9-7-19)26-23(29)15-32-24(30)12-11-22(28)27-21-10-5-17(3)13-18(21)4/h5-10,13,16H,11-12,14-15H2,1-4H3,(H,26,29)(H,27,28). The summed E-state index contributed by atoms with van der Waals surface area (Å²) in [5.41, 5.74) is 3.54.